The molecule has 4 amide bonds. The number of carbonyl (C=O) groups excluding carboxylic acids is 3. The Kier molecular flexibility index (Phi) is 4.26. The largest absolute Gasteiger partial charge is 0.325 e. The van der Waals surface area contributed by atoms with Crippen LogP contribution in [0.4, 0.5) is 10.6 Å². The molecule has 2 fully saturated rings. The fraction of sp³-hybridized carbons (Fsp3) is 0.444. The van der Waals surface area contributed by atoms with E-state index < -0.39 is 23.5 Å². The lowest BCUT2D eigenvalue weighted by atomic mass is 9.97. The van der Waals surface area contributed by atoms with Crippen molar-refractivity contribution in [2.24, 2.45) is 0 Å². The number of aromatic amines is 1. The third kappa shape index (κ3) is 3.01. The SMILES string of the molecule is Cc1ccc(-c2cc(NC(=O)C(C)N3C(=O)NC4(CCCC4)C3=O)n[nH]2)s1. The van der Waals surface area contributed by atoms with Crippen LogP contribution in [0.25, 0.3) is 10.6 Å². The summed E-state index contributed by atoms with van der Waals surface area (Å²) in [4.78, 5) is 40.9. The number of nitrogens with zero attached hydrogens (tertiary/aromatic N) is 2. The summed E-state index contributed by atoms with van der Waals surface area (Å²) < 4.78 is 0. The summed E-state index contributed by atoms with van der Waals surface area (Å²) in [7, 11) is 0. The van der Waals surface area contributed by atoms with Gasteiger partial charge >= 0.3 is 6.03 Å². The van der Waals surface area contributed by atoms with E-state index in [0.29, 0.717) is 18.7 Å². The van der Waals surface area contributed by atoms with E-state index in [2.05, 4.69) is 20.8 Å². The number of thiophene rings is 1. The van der Waals surface area contributed by atoms with Crippen LogP contribution in [0.15, 0.2) is 18.2 Å². The van der Waals surface area contributed by atoms with Crippen molar-refractivity contribution in [3.05, 3.63) is 23.1 Å². The second kappa shape index (κ2) is 6.49. The Bertz CT molecular complexity index is 912. The molecule has 3 N–H and O–H groups in total. The van der Waals surface area contributed by atoms with E-state index in [1.165, 1.54) is 4.88 Å². The molecule has 1 atom stereocenters. The fourth-order valence-corrected chi connectivity index (χ4v) is 4.58. The summed E-state index contributed by atoms with van der Waals surface area (Å²) in [5.41, 5.74) is -0.0155. The summed E-state index contributed by atoms with van der Waals surface area (Å²) in [5, 5.41) is 12.5. The lowest BCUT2D eigenvalue weighted by Gasteiger charge is -2.23. The zero-order valence-corrected chi connectivity index (χ0v) is 16.0. The van der Waals surface area contributed by atoms with Crippen LogP contribution < -0.4 is 10.6 Å². The minimum Gasteiger partial charge on any atom is -0.323 e. The smallest absolute Gasteiger partial charge is 0.323 e. The molecule has 1 unspecified atom stereocenters. The molecular formula is C18H21N5O3S. The van der Waals surface area contributed by atoms with Crippen molar-refractivity contribution < 1.29 is 14.4 Å². The zero-order chi connectivity index (χ0) is 19.2. The maximum atomic E-state index is 12.8. The van der Waals surface area contributed by atoms with Gasteiger partial charge in [0.2, 0.25) is 5.91 Å². The maximum absolute atomic E-state index is 12.8. The highest BCUT2D eigenvalue weighted by molar-refractivity contribution is 7.15. The Labute approximate surface area is 160 Å². The number of amides is 4. The molecular weight excluding hydrogens is 366 g/mol. The second-order valence-corrected chi connectivity index (χ2v) is 8.42. The second-order valence-electron chi connectivity index (χ2n) is 7.14. The van der Waals surface area contributed by atoms with Crippen LogP contribution in [0.1, 0.15) is 37.5 Å². The van der Waals surface area contributed by atoms with E-state index in [9.17, 15) is 14.4 Å². The highest BCUT2D eigenvalue weighted by atomic mass is 32.1. The zero-order valence-electron chi connectivity index (χ0n) is 15.2. The van der Waals surface area contributed by atoms with Crippen molar-refractivity contribution in [2.75, 3.05) is 5.32 Å². The number of anilines is 1. The first-order valence-corrected chi connectivity index (χ1v) is 9.80. The lowest BCUT2D eigenvalue weighted by Crippen LogP contribution is -2.48. The Morgan fingerprint density at radius 1 is 1.33 bits per heavy atom. The molecule has 2 aromatic rings. The quantitative estimate of drug-likeness (QED) is 0.701. The average molecular weight is 387 g/mol. The van der Waals surface area contributed by atoms with Gasteiger partial charge < -0.3 is 10.6 Å². The van der Waals surface area contributed by atoms with Gasteiger partial charge in [0.25, 0.3) is 5.91 Å². The number of rotatable bonds is 4. The predicted octanol–water partition coefficient (Wildman–Crippen LogP) is 2.64. The molecule has 0 bridgehead atoms. The van der Waals surface area contributed by atoms with Gasteiger partial charge in [0, 0.05) is 10.9 Å². The number of H-pyrrole nitrogens is 1. The molecule has 2 aromatic heterocycles. The lowest BCUT2D eigenvalue weighted by molar-refractivity contribution is -0.136. The van der Waals surface area contributed by atoms with Crippen LogP contribution in [0.5, 0.6) is 0 Å². The molecule has 1 saturated heterocycles. The summed E-state index contributed by atoms with van der Waals surface area (Å²) in [5.74, 6) is -0.395. The Morgan fingerprint density at radius 2 is 2.07 bits per heavy atom. The van der Waals surface area contributed by atoms with E-state index in [0.717, 1.165) is 28.3 Å². The fourth-order valence-electron chi connectivity index (χ4n) is 3.75. The van der Waals surface area contributed by atoms with Crippen molar-refractivity contribution in [2.45, 2.75) is 51.1 Å². The summed E-state index contributed by atoms with van der Waals surface area (Å²) in [6.07, 6.45) is 3.06. The number of urea groups is 1. The van der Waals surface area contributed by atoms with Crippen molar-refractivity contribution in [3.8, 4) is 10.6 Å². The summed E-state index contributed by atoms with van der Waals surface area (Å²) in [6.45, 7) is 3.57. The normalized spacial score (nSPS) is 19.6. The van der Waals surface area contributed by atoms with Crippen LogP contribution in [0.3, 0.4) is 0 Å². The van der Waals surface area contributed by atoms with E-state index in [-0.39, 0.29) is 5.91 Å². The van der Waals surface area contributed by atoms with Crippen LogP contribution in [0.2, 0.25) is 0 Å². The molecule has 142 valence electrons. The number of nitrogens with one attached hydrogen (secondary N) is 3. The van der Waals surface area contributed by atoms with E-state index in [1.54, 1.807) is 24.3 Å². The number of hydrogen-bond acceptors (Lipinski definition) is 5. The van der Waals surface area contributed by atoms with Gasteiger partial charge in [-0.25, -0.2) is 9.69 Å². The third-order valence-corrected chi connectivity index (χ3v) is 6.29. The topological polar surface area (TPSA) is 107 Å². The molecule has 9 heteroatoms. The van der Waals surface area contributed by atoms with Crippen molar-refractivity contribution in [1.29, 1.82) is 0 Å². The van der Waals surface area contributed by atoms with E-state index >= 15 is 0 Å². The number of carbonyl (C=O) groups is 3. The van der Waals surface area contributed by atoms with Gasteiger partial charge in [-0.15, -0.1) is 11.3 Å². The van der Waals surface area contributed by atoms with E-state index in [4.69, 9.17) is 0 Å². The van der Waals surface area contributed by atoms with Crippen molar-refractivity contribution >= 4 is 35.0 Å². The van der Waals surface area contributed by atoms with Crippen molar-refractivity contribution in [1.82, 2.24) is 20.4 Å². The molecule has 0 radical (unpaired) electrons. The van der Waals surface area contributed by atoms with Gasteiger partial charge in [0.05, 0.1) is 10.6 Å². The Balaban J connectivity index is 1.46. The van der Waals surface area contributed by atoms with Gasteiger partial charge in [-0.3, -0.25) is 14.7 Å². The average Bonchev–Trinajstić information content (AvgIpc) is 3.38. The molecule has 1 aliphatic heterocycles. The molecule has 1 aliphatic carbocycles. The van der Waals surface area contributed by atoms with Crippen molar-refractivity contribution in [3.63, 3.8) is 0 Å². The summed E-state index contributed by atoms with van der Waals surface area (Å²) >= 11 is 1.62. The Hall–Kier alpha value is -2.68. The minimum absolute atomic E-state index is 0.301. The molecule has 4 rings (SSSR count). The molecule has 1 saturated carbocycles. The van der Waals surface area contributed by atoms with E-state index in [1.807, 2.05) is 19.1 Å². The first-order chi connectivity index (χ1) is 12.9. The minimum atomic E-state index is -0.915. The van der Waals surface area contributed by atoms with Gasteiger partial charge in [-0.05, 0) is 38.8 Å². The first-order valence-electron chi connectivity index (χ1n) is 8.98. The number of imide groups is 1. The summed E-state index contributed by atoms with van der Waals surface area (Å²) in [6, 6.07) is 4.32. The number of hydrogen-bond donors (Lipinski definition) is 3. The molecule has 0 aromatic carbocycles. The van der Waals surface area contributed by atoms with Gasteiger partial charge in [-0.2, -0.15) is 5.10 Å². The van der Waals surface area contributed by atoms with Gasteiger partial charge in [0.1, 0.15) is 11.6 Å². The molecule has 2 aliphatic rings. The molecule has 8 nitrogen and oxygen atoms in total. The predicted molar refractivity (Wildman–Crippen MR) is 101 cm³/mol. The Morgan fingerprint density at radius 3 is 2.74 bits per heavy atom. The molecule has 27 heavy (non-hydrogen) atoms. The standard InChI is InChI=1S/C18H21N5O3S/c1-10-5-6-13(27-10)12-9-14(22-21-12)19-15(24)11(2)23-16(25)18(20-17(23)26)7-3-4-8-18/h5-6,9,11H,3-4,7-8H2,1-2H3,(H,20,26)(H2,19,21,22,24). The number of aromatic nitrogens is 2. The van der Waals surface area contributed by atoms with Gasteiger partial charge in [0.15, 0.2) is 5.82 Å². The molecule has 3 heterocycles. The van der Waals surface area contributed by atoms with Crippen LogP contribution in [-0.4, -0.2) is 44.5 Å². The number of aryl methyl sites for hydroxylation is 1. The highest BCUT2D eigenvalue weighted by Crippen LogP contribution is 2.36. The first kappa shape index (κ1) is 17.7. The van der Waals surface area contributed by atoms with Crippen LogP contribution in [-0.2, 0) is 9.59 Å². The maximum Gasteiger partial charge on any atom is 0.325 e. The molecule has 1 spiro atoms. The monoisotopic (exact) mass is 387 g/mol. The van der Waals surface area contributed by atoms with Crippen LogP contribution >= 0.6 is 11.3 Å². The van der Waals surface area contributed by atoms with Gasteiger partial charge in [-0.1, -0.05) is 12.8 Å². The highest BCUT2D eigenvalue weighted by Gasteiger charge is 2.54. The third-order valence-electron chi connectivity index (χ3n) is 5.25. The van der Waals surface area contributed by atoms with Crippen LogP contribution in [0, 0.1) is 6.92 Å².